The van der Waals surface area contributed by atoms with Gasteiger partial charge in [-0.25, -0.2) is 4.79 Å². The maximum Gasteiger partial charge on any atom is 0.358 e. The molecule has 1 heterocycles. The summed E-state index contributed by atoms with van der Waals surface area (Å²) >= 11 is 0. The molecule has 2 aromatic rings. The van der Waals surface area contributed by atoms with Crippen LogP contribution in [-0.4, -0.2) is 17.3 Å². The number of rotatable bonds is 3. The molecule has 0 saturated heterocycles. The highest BCUT2D eigenvalue weighted by Crippen LogP contribution is 2.08. The van der Waals surface area contributed by atoms with Crippen LogP contribution in [0.4, 0.5) is 4.79 Å². The van der Waals surface area contributed by atoms with Crippen molar-refractivity contribution in [2.24, 2.45) is 0 Å². The van der Waals surface area contributed by atoms with Gasteiger partial charge in [0.15, 0.2) is 5.58 Å². The van der Waals surface area contributed by atoms with E-state index in [1.807, 2.05) is 6.92 Å². The summed E-state index contributed by atoms with van der Waals surface area (Å²) in [4.78, 5) is 23.5. The van der Waals surface area contributed by atoms with E-state index in [4.69, 9.17) is 4.52 Å². The lowest BCUT2D eigenvalue weighted by atomic mass is 10.3. The minimum absolute atomic E-state index is 0.415. The zero-order valence-corrected chi connectivity index (χ0v) is 9.60. The van der Waals surface area contributed by atoms with Gasteiger partial charge < -0.3 is 9.84 Å². The number of nitrogens with one attached hydrogen (secondary N) is 1. The molecule has 0 radical (unpaired) electrons. The van der Waals surface area contributed by atoms with Crippen LogP contribution in [0.3, 0.4) is 0 Å². The molecule has 0 aliphatic carbocycles. The van der Waals surface area contributed by atoms with E-state index in [1.165, 1.54) is 0 Å². The molecule has 90 valence electrons. The molecule has 1 amide bonds. The smallest absolute Gasteiger partial charge is 0.358 e. The first kappa shape index (κ1) is 11.4. The van der Waals surface area contributed by atoms with Gasteiger partial charge in [-0.15, -0.1) is 0 Å². The van der Waals surface area contributed by atoms with Crippen molar-refractivity contribution in [2.45, 2.75) is 19.8 Å². The van der Waals surface area contributed by atoms with Crippen molar-refractivity contribution in [1.82, 2.24) is 10.1 Å². The zero-order chi connectivity index (χ0) is 12.3. The Balaban J connectivity index is 2.27. The Morgan fingerprint density at radius 3 is 2.88 bits per heavy atom. The Morgan fingerprint density at radius 2 is 2.18 bits per heavy atom. The fraction of sp³-hybridized carbons (Fsp3) is 0.333. The molecule has 1 aromatic heterocycles. The Hall–Kier alpha value is -2.04. The quantitative estimate of drug-likeness (QED) is 0.825. The molecule has 0 bridgehead atoms. The highest BCUT2D eigenvalue weighted by Gasteiger charge is 2.14. The summed E-state index contributed by atoms with van der Waals surface area (Å²) in [6.07, 6.45) is 1.86. The summed E-state index contributed by atoms with van der Waals surface area (Å²) in [5.41, 5.74) is -0.00209. The largest absolute Gasteiger partial charge is 0.366 e. The molecule has 0 fully saturated rings. The van der Waals surface area contributed by atoms with Crippen LogP contribution in [-0.2, 0) is 0 Å². The van der Waals surface area contributed by atoms with Crippen LogP contribution in [0.5, 0.6) is 0 Å². The monoisotopic (exact) mass is 234 g/mol. The second-order valence-corrected chi connectivity index (χ2v) is 3.77. The average molecular weight is 234 g/mol. The first-order valence-corrected chi connectivity index (χ1v) is 5.63. The van der Waals surface area contributed by atoms with E-state index in [-0.39, 0.29) is 0 Å². The molecule has 0 aliphatic heterocycles. The van der Waals surface area contributed by atoms with Gasteiger partial charge >= 0.3 is 6.03 Å². The standard InChI is InChI=1S/C12H14N2O3/c1-2-3-8-13-12(16)14-11(15)9-6-4-5-7-10(9)17-14/h4-7H,2-3,8H2,1H3,(H,13,16). The molecule has 0 aliphatic rings. The number of hydrogen-bond donors (Lipinski definition) is 1. The maximum absolute atomic E-state index is 11.8. The number of carbonyl (C=O) groups is 1. The minimum Gasteiger partial charge on any atom is -0.366 e. The van der Waals surface area contributed by atoms with Crippen LogP contribution in [0.15, 0.2) is 33.6 Å². The van der Waals surface area contributed by atoms with Crippen LogP contribution in [0.2, 0.25) is 0 Å². The molecule has 0 saturated carbocycles. The molecule has 0 atom stereocenters. The first-order chi connectivity index (χ1) is 8.24. The molecular formula is C12H14N2O3. The molecular weight excluding hydrogens is 220 g/mol. The molecule has 5 heteroatoms. The van der Waals surface area contributed by atoms with Gasteiger partial charge in [0.2, 0.25) is 0 Å². The van der Waals surface area contributed by atoms with Gasteiger partial charge in [0, 0.05) is 6.54 Å². The van der Waals surface area contributed by atoms with Gasteiger partial charge in [0.05, 0.1) is 5.39 Å². The lowest BCUT2D eigenvalue weighted by Crippen LogP contribution is -2.34. The summed E-state index contributed by atoms with van der Waals surface area (Å²) < 4.78 is 5.95. The third-order valence-electron chi connectivity index (χ3n) is 2.48. The lowest BCUT2D eigenvalue weighted by Gasteiger charge is -2.01. The van der Waals surface area contributed by atoms with Gasteiger partial charge in [0.25, 0.3) is 5.56 Å². The molecule has 0 unspecified atom stereocenters. The van der Waals surface area contributed by atoms with Gasteiger partial charge in [0.1, 0.15) is 0 Å². The second-order valence-electron chi connectivity index (χ2n) is 3.77. The second kappa shape index (κ2) is 4.86. The van der Waals surface area contributed by atoms with E-state index in [0.29, 0.717) is 17.5 Å². The summed E-state index contributed by atoms with van der Waals surface area (Å²) in [5, 5.41) is 3.05. The SMILES string of the molecule is CCCCNC(=O)n1oc2ccccc2c1=O. The Kier molecular flexibility index (Phi) is 3.27. The normalized spacial score (nSPS) is 10.6. The fourth-order valence-electron chi connectivity index (χ4n) is 1.55. The summed E-state index contributed by atoms with van der Waals surface area (Å²) in [6, 6.07) is 6.27. The van der Waals surface area contributed by atoms with Crippen LogP contribution in [0.25, 0.3) is 11.0 Å². The van der Waals surface area contributed by atoms with E-state index in [9.17, 15) is 9.59 Å². The first-order valence-electron chi connectivity index (χ1n) is 5.63. The Bertz CT molecular complexity index is 583. The van der Waals surface area contributed by atoms with Crippen molar-refractivity contribution in [3.8, 4) is 0 Å². The van der Waals surface area contributed by atoms with Crippen molar-refractivity contribution >= 4 is 17.0 Å². The van der Waals surface area contributed by atoms with Gasteiger partial charge in [-0.1, -0.05) is 30.2 Å². The number of aromatic nitrogens is 1. The number of para-hydroxylation sites is 1. The number of nitrogens with zero attached hydrogens (tertiary/aromatic N) is 1. The van der Waals surface area contributed by atoms with Crippen molar-refractivity contribution < 1.29 is 9.32 Å². The Morgan fingerprint density at radius 1 is 1.41 bits per heavy atom. The number of fused-ring (bicyclic) bond motifs is 1. The van der Waals surface area contributed by atoms with E-state index < -0.39 is 11.6 Å². The summed E-state index contributed by atoms with van der Waals surface area (Å²) in [7, 11) is 0. The van der Waals surface area contributed by atoms with Gasteiger partial charge in [-0.05, 0) is 18.6 Å². The molecule has 17 heavy (non-hydrogen) atoms. The van der Waals surface area contributed by atoms with Crippen LogP contribution < -0.4 is 10.9 Å². The van der Waals surface area contributed by atoms with Crippen LogP contribution >= 0.6 is 0 Å². The number of benzene rings is 1. The minimum atomic E-state index is -0.514. The predicted molar refractivity (Wildman–Crippen MR) is 64.2 cm³/mol. The molecule has 2 rings (SSSR count). The summed E-state index contributed by atoms with van der Waals surface area (Å²) in [6.45, 7) is 2.57. The number of carbonyl (C=O) groups excluding carboxylic acids is 1. The van der Waals surface area contributed by atoms with Gasteiger partial charge in [-0.2, -0.15) is 0 Å². The van der Waals surface area contributed by atoms with Gasteiger partial charge in [-0.3, -0.25) is 4.79 Å². The van der Waals surface area contributed by atoms with E-state index in [1.54, 1.807) is 24.3 Å². The lowest BCUT2D eigenvalue weighted by molar-refractivity contribution is 0.213. The molecule has 0 spiro atoms. The predicted octanol–water partition coefficient (Wildman–Crippen LogP) is 1.95. The maximum atomic E-state index is 11.8. The highest BCUT2D eigenvalue weighted by molar-refractivity contribution is 5.82. The summed E-state index contributed by atoms with van der Waals surface area (Å²) in [5.74, 6) is 0. The molecule has 5 nitrogen and oxygen atoms in total. The Labute approximate surface area is 98.0 Å². The van der Waals surface area contributed by atoms with Crippen molar-refractivity contribution in [1.29, 1.82) is 0 Å². The fourth-order valence-corrected chi connectivity index (χ4v) is 1.55. The van der Waals surface area contributed by atoms with E-state index in [0.717, 1.165) is 17.6 Å². The third-order valence-corrected chi connectivity index (χ3v) is 2.48. The van der Waals surface area contributed by atoms with Crippen LogP contribution in [0.1, 0.15) is 19.8 Å². The number of hydrogen-bond acceptors (Lipinski definition) is 3. The molecule has 1 N–H and O–H groups in total. The third kappa shape index (κ3) is 2.22. The zero-order valence-electron chi connectivity index (χ0n) is 9.60. The number of amides is 1. The molecule has 1 aromatic carbocycles. The highest BCUT2D eigenvalue weighted by atomic mass is 16.5. The van der Waals surface area contributed by atoms with Crippen LogP contribution in [0, 0.1) is 0 Å². The number of unbranched alkanes of at least 4 members (excludes halogenated alkanes) is 1. The van der Waals surface area contributed by atoms with E-state index in [2.05, 4.69) is 5.32 Å². The van der Waals surface area contributed by atoms with Crippen molar-refractivity contribution in [3.63, 3.8) is 0 Å². The van der Waals surface area contributed by atoms with E-state index >= 15 is 0 Å². The van der Waals surface area contributed by atoms with Crippen molar-refractivity contribution in [2.75, 3.05) is 6.54 Å². The average Bonchev–Trinajstić information content (AvgIpc) is 2.68. The topological polar surface area (TPSA) is 64.2 Å². The van der Waals surface area contributed by atoms with Crippen molar-refractivity contribution in [3.05, 3.63) is 34.6 Å².